The minimum atomic E-state index is 0.0926. The van der Waals surface area contributed by atoms with E-state index in [4.69, 9.17) is 0 Å². The van der Waals surface area contributed by atoms with E-state index in [9.17, 15) is 0 Å². The molecule has 0 aromatic heterocycles. The minimum Gasteiger partial charge on any atom is -0.0917 e. The summed E-state index contributed by atoms with van der Waals surface area (Å²) < 4.78 is 0. The molecule has 0 aromatic rings. The lowest BCUT2D eigenvalue weighted by Gasteiger charge is -2.05. The van der Waals surface area contributed by atoms with Crippen molar-refractivity contribution in [2.75, 3.05) is 0 Å². The Morgan fingerprint density at radius 3 is 2.00 bits per heavy atom. The zero-order chi connectivity index (χ0) is 6.62. The van der Waals surface area contributed by atoms with Crippen LogP contribution in [-0.4, -0.2) is 5.37 Å². The van der Waals surface area contributed by atoms with Crippen LogP contribution in [0.3, 0.4) is 0 Å². The van der Waals surface area contributed by atoms with Crippen LogP contribution in [0.15, 0.2) is 0 Å². The molecule has 0 radical (unpaired) electrons. The van der Waals surface area contributed by atoms with E-state index in [2.05, 4.69) is 44.8 Å². The Morgan fingerprint density at radius 2 is 1.88 bits per heavy atom. The zero-order valence-electron chi connectivity index (χ0n) is 5.49. The van der Waals surface area contributed by atoms with Crippen molar-refractivity contribution in [1.29, 1.82) is 0 Å². The molecule has 0 bridgehead atoms. The first-order chi connectivity index (χ1) is 3.56. The number of thiocarbonyl (C=S) groups is 1. The summed E-state index contributed by atoms with van der Waals surface area (Å²) in [4.78, 5) is 0. The minimum absolute atomic E-state index is 0.0926. The maximum absolute atomic E-state index is 4.52. The van der Waals surface area contributed by atoms with Gasteiger partial charge in [0.2, 0.25) is 0 Å². The van der Waals surface area contributed by atoms with Crippen molar-refractivity contribution in [2.24, 2.45) is 5.41 Å². The Hall–Kier alpha value is -0.350. The molecule has 0 aliphatic heterocycles. The maximum atomic E-state index is 4.52. The van der Waals surface area contributed by atoms with Crippen molar-refractivity contribution in [3.63, 3.8) is 0 Å². The molecular weight excluding hydrogens is 116 g/mol. The third-order valence-corrected chi connectivity index (χ3v) is 0.624. The molecule has 0 N–H and O–H groups in total. The molecule has 0 aliphatic carbocycles. The molecule has 0 fully saturated rings. The third kappa shape index (κ3) is 5.65. The molecule has 0 aromatic carbocycles. The van der Waals surface area contributed by atoms with E-state index < -0.39 is 0 Å². The van der Waals surface area contributed by atoms with Gasteiger partial charge in [-0.25, -0.2) is 0 Å². The van der Waals surface area contributed by atoms with Gasteiger partial charge in [0.25, 0.3) is 0 Å². The van der Waals surface area contributed by atoms with Crippen molar-refractivity contribution >= 4 is 17.6 Å². The van der Waals surface area contributed by atoms with Gasteiger partial charge >= 0.3 is 0 Å². The highest BCUT2D eigenvalue weighted by molar-refractivity contribution is 7.79. The van der Waals surface area contributed by atoms with Gasteiger partial charge in [0, 0.05) is 5.41 Å². The maximum Gasteiger partial charge on any atom is 0.0514 e. The largest absolute Gasteiger partial charge is 0.0917 e. The average molecular weight is 126 g/mol. The van der Waals surface area contributed by atoms with Crippen molar-refractivity contribution in [3.8, 4) is 11.8 Å². The molecule has 0 amide bonds. The Labute approximate surface area is 56.3 Å². The average Bonchev–Trinajstić information content (AvgIpc) is 1.59. The van der Waals surface area contributed by atoms with Crippen LogP contribution in [0.25, 0.3) is 0 Å². The Bertz CT molecular complexity index is 129. The van der Waals surface area contributed by atoms with Crippen LogP contribution in [0.4, 0.5) is 0 Å². The van der Waals surface area contributed by atoms with Gasteiger partial charge < -0.3 is 0 Å². The van der Waals surface area contributed by atoms with Gasteiger partial charge in [0.05, 0.1) is 5.37 Å². The molecular formula is C7H10S. The fourth-order valence-corrected chi connectivity index (χ4v) is 0.305. The van der Waals surface area contributed by atoms with Crippen molar-refractivity contribution in [1.82, 2.24) is 0 Å². The first-order valence-corrected chi connectivity index (χ1v) is 3.00. The second kappa shape index (κ2) is 2.84. The SMILES string of the molecule is CC(C)(C)C#CC=S. The molecule has 0 saturated heterocycles. The standard InChI is InChI=1S/C7H10S/c1-7(2,3)5-4-6-8/h6H,1-3H3. The van der Waals surface area contributed by atoms with E-state index >= 15 is 0 Å². The molecule has 0 unspecified atom stereocenters. The van der Waals surface area contributed by atoms with Crippen LogP contribution in [0.5, 0.6) is 0 Å². The van der Waals surface area contributed by atoms with E-state index in [0.717, 1.165) is 0 Å². The van der Waals surface area contributed by atoms with Crippen molar-refractivity contribution < 1.29 is 0 Å². The van der Waals surface area contributed by atoms with Gasteiger partial charge in [-0.15, -0.1) is 0 Å². The highest BCUT2D eigenvalue weighted by atomic mass is 32.1. The summed E-state index contributed by atoms with van der Waals surface area (Å²) in [7, 11) is 0. The quantitative estimate of drug-likeness (QED) is 0.353. The van der Waals surface area contributed by atoms with Gasteiger partial charge in [-0.3, -0.25) is 0 Å². The number of hydrogen-bond acceptors (Lipinski definition) is 1. The second-order valence-electron chi connectivity index (χ2n) is 2.64. The smallest absolute Gasteiger partial charge is 0.0514 e. The summed E-state index contributed by atoms with van der Waals surface area (Å²) in [6.07, 6.45) is 0. The third-order valence-electron chi connectivity index (χ3n) is 0.506. The highest BCUT2D eigenvalue weighted by Crippen LogP contribution is 2.08. The van der Waals surface area contributed by atoms with Crippen LogP contribution in [0.1, 0.15) is 20.8 Å². The van der Waals surface area contributed by atoms with Crippen molar-refractivity contribution in [3.05, 3.63) is 0 Å². The van der Waals surface area contributed by atoms with Gasteiger partial charge in [0.15, 0.2) is 0 Å². The molecule has 0 rings (SSSR count). The summed E-state index contributed by atoms with van der Waals surface area (Å²) in [5.41, 5.74) is 0.0926. The highest BCUT2D eigenvalue weighted by Gasteiger charge is 2.01. The van der Waals surface area contributed by atoms with E-state index in [1.54, 1.807) is 0 Å². The van der Waals surface area contributed by atoms with Gasteiger partial charge in [-0.1, -0.05) is 24.1 Å². The Morgan fingerprint density at radius 1 is 1.38 bits per heavy atom. The summed E-state index contributed by atoms with van der Waals surface area (Å²) in [5, 5.41) is 1.45. The fraction of sp³-hybridized carbons (Fsp3) is 0.571. The summed E-state index contributed by atoms with van der Waals surface area (Å²) >= 11 is 4.52. The zero-order valence-corrected chi connectivity index (χ0v) is 6.30. The van der Waals surface area contributed by atoms with E-state index in [0.29, 0.717) is 0 Å². The van der Waals surface area contributed by atoms with E-state index in [1.165, 1.54) is 5.37 Å². The van der Waals surface area contributed by atoms with Crippen molar-refractivity contribution in [2.45, 2.75) is 20.8 Å². The van der Waals surface area contributed by atoms with Gasteiger partial charge in [-0.2, -0.15) is 0 Å². The molecule has 0 atom stereocenters. The van der Waals surface area contributed by atoms with Gasteiger partial charge in [-0.05, 0) is 20.8 Å². The van der Waals surface area contributed by atoms with E-state index in [-0.39, 0.29) is 5.41 Å². The topological polar surface area (TPSA) is 0 Å². The predicted molar refractivity (Wildman–Crippen MR) is 40.9 cm³/mol. The van der Waals surface area contributed by atoms with Crippen LogP contribution < -0.4 is 0 Å². The summed E-state index contributed by atoms with van der Waals surface area (Å²) in [6, 6.07) is 0. The van der Waals surface area contributed by atoms with Crippen LogP contribution in [0, 0.1) is 17.3 Å². The first-order valence-electron chi connectivity index (χ1n) is 2.52. The lowest BCUT2D eigenvalue weighted by Crippen LogP contribution is -1.98. The van der Waals surface area contributed by atoms with Crippen LogP contribution in [0.2, 0.25) is 0 Å². The van der Waals surface area contributed by atoms with E-state index in [1.807, 2.05) is 0 Å². The first kappa shape index (κ1) is 7.65. The predicted octanol–water partition coefficient (Wildman–Crippen LogP) is 2.04. The lowest BCUT2D eigenvalue weighted by atomic mass is 9.98. The number of rotatable bonds is 0. The summed E-state index contributed by atoms with van der Waals surface area (Å²) in [6.45, 7) is 6.16. The molecule has 8 heavy (non-hydrogen) atoms. The summed E-state index contributed by atoms with van der Waals surface area (Å²) in [5.74, 6) is 5.69. The molecule has 44 valence electrons. The Kier molecular flexibility index (Phi) is 2.71. The Balaban J connectivity index is 3.87. The molecule has 0 saturated carbocycles. The molecule has 1 heteroatoms. The molecule has 0 spiro atoms. The van der Waals surface area contributed by atoms with Gasteiger partial charge in [0.1, 0.15) is 0 Å². The normalized spacial score (nSPS) is 9.38. The van der Waals surface area contributed by atoms with Crippen LogP contribution >= 0.6 is 12.2 Å². The monoisotopic (exact) mass is 126 g/mol. The second-order valence-corrected chi connectivity index (χ2v) is 2.87. The molecule has 0 aliphatic rings. The fourth-order valence-electron chi connectivity index (χ4n) is 0.246. The van der Waals surface area contributed by atoms with Crippen LogP contribution in [-0.2, 0) is 0 Å². The molecule has 0 nitrogen and oxygen atoms in total. The number of hydrogen-bond donors (Lipinski definition) is 0. The molecule has 0 heterocycles. The lowest BCUT2D eigenvalue weighted by molar-refractivity contribution is 0.571.